The van der Waals surface area contributed by atoms with Gasteiger partial charge in [0.25, 0.3) is 0 Å². The molecule has 2 rings (SSSR count). The van der Waals surface area contributed by atoms with Crippen molar-refractivity contribution in [1.29, 1.82) is 0 Å². The van der Waals surface area contributed by atoms with E-state index in [9.17, 15) is 0 Å². The predicted molar refractivity (Wildman–Crippen MR) is 88.1 cm³/mol. The Balaban J connectivity index is 2.08. The van der Waals surface area contributed by atoms with E-state index in [4.69, 9.17) is 39.4 Å². The highest BCUT2D eigenvalue weighted by molar-refractivity contribution is 6.43. The van der Waals surface area contributed by atoms with E-state index in [-0.39, 0.29) is 5.82 Å². The third kappa shape index (κ3) is 4.17. The van der Waals surface area contributed by atoms with Gasteiger partial charge in [-0.3, -0.25) is 0 Å². The number of benzene rings is 1. The first-order valence-electron chi connectivity index (χ1n) is 6.59. The molecule has 0 unspecified atom stereocenters. The molecule has 0 amide bonds. The predicted octanol–water partition coefficient (Wildman–Crippen LogP) is 1.81. The van der Waals surface area contributed by atoms with Gasteiger partial charge in [-0.05, 0) is 6.07 Å². The van der Waals surface area contributed by atoms with Crippen LogP contribution in [0.3, 0.4) is 0 Å². The zero-order chi connectivity index (χ0) is 15.9. The van der Waals surface area contributed by atoms with Gasteiger partial charge < -0.3 is 21.5 Å². The Kier molecular flexibility index (Phi) is 6.14. The third-order valence-electron chi connectivity index (χ3n) is 2.71. The maximum absolute atomic E-state index is 6.15. The lowest BCUT2D eigenvalue weighted by atomic mass is 10.1. The summed E-state index contributed by atoms with van der Waals surface area (Å²) in [6.45, 7) is 2.01. The number of halogens is 2. The number of nitrogens with zero attached hydrogens (tertiary/aromatic N) is 3. The van der Waals surface area contributed by atoms with Gasteiger partial charge in [0.15, 0.2) is 5.82 Å². The van der Waals surface area contributed by atoms with E-state index < -0.39 is 0 Å². The fourth-order valence-corrected chi connectivity index (χ4v) is 2.10. The molecule has 0 saturated carbocycles. The number of aromatic nitrogens is 3. The van der Waals surface area contributed by atoms with Crippen molar-refractivity contribution >= 4 is 35.0 Å². The first-order valence-corrected chi connectivity index (χ1v) is 7.35. The van der Waals surface area contributed by atoms with E-state index in [1.165, 1.54) is 0 Å². The highest BCUT2D eigenvalue weighted by Crippen LogP contribution is 2.34. The Bertz CT molecular complexity index is 640. The van der Waals surface area contributed by atoms with Crippen molar-refractivity contribution in [2.24, 2.45) is 5.73 Å². The fraction of sp³-hybridized carbons (Fsp3) is 0.308. The van der Waals surface area contributed by atoms with Crippen LogP contribution in [0.15, 0.2) is 18.2 Å². The van der Waals surface area contributed by atoms with Crippen LogP contribution < -0.4 is 16.8 Å². The average Bonchev–Trinajstić information content (AvgIpc) is 2.50. The zero-order valence-electron chi connectivity index (χ0n) is 11.7. The van der Waals surface area contributed by atoms with Crippen molar-refractivity contribution in [3.63, 3.8) is 0 Å². The maximum atomic E-state index is 6.15. The van der Waals surface area contributed by atoms with Crippen LogP contribution in [0.25, 0.3) is 11.3 Å². The van der Waals surface area contributed by atoms with Crippen LogP contribution in [0.4, 0.5) is 11.8 Å². The van der Waals surface area contributed by atoms with E-state index in [2.05, 4.69) is 20.5 Å². The topological polar surface area (TPSA) is 112 Å². The molecule has 22 heavy (non-hydrogen) atoms. The monoisotopic (exact) mass is 342 g/mol. The average molecular weight is 343 g/mol. The molecule has 0 saturated heterocycles. The molecule has 7 nitrogen and oxygen atoms in total. The van der Waals surface area contributed by atoms with Crippen molar-refractivity contribution in [3.05, 3.63) is 28.2 Å². The van der Waals surface area contributed by atoms with Gasteiger partial charge in [0.2, 0.25) is 5.95 Å². The lowest BCUT2D eigenvalue weighted by molar-refractivity contribution is 0.151. The molecule has 0 aliphatic rings. The van der Waals surface area contributed by atoms with E-state index in [1.54, 1.807) is 18.2 Å². The normalized spacial score (nSPS) is 10.7. The molecule has 1 aromatic carbocycles. The summed E-state index contributed by atoms with van der Waals surface area (Å²) in [5.74, 6) is 0.528. The van der Waals surface area contributed by atoms with E-state index >= 15 is 0 Å². The highest BCUT2D eigenvalue weighted by atomic mass is 35.5. The van der Waals surface area contributed by atoms with Crippen molar-refractivity contribution in [1.82, 2.24) is 15.2 Å². The summed E-state index contributed by atoms with van der Waals surface area (Å²) in [5.41, 5.74) is 12.2. The van der Waals surface area contributed by atoms with Gasteiger partial charge >= 0.3 is 0 Å². The summed E-state index contributed by atoms with van der Waals surface area (Å²) in [5, 5.41) is 11.8. The van der Waals surface area contributed by atoms with Crippen molar-refractivity contribution in [2.45, 2.75) is 0 Å². The van der Waals surface area contributed by atoms with Crippen molar-refractivity contribution < 1.29 is 4.74 Å². The molecule has 0 radical (unpaired) electrons. The summed E-state index contributed by atoms with van der Waals surface area (Å²) in [6, 6.07) is 5.19. The largest absolute Gasteiger partial charge is 0.382 e. The second-order valence-electron chi connectivity index (χ2n) is 4.30. The first kappa shape index (κ1) is 16.7. The second kappa shape index (κ2) is 8.09. The number of hydrogen-bond acceptors (Lipinski definition) is 7. The van der Waals surface area contributed by atoms with Crippen molar-refractivity contribution in [3.8, 4) is 11.3 Å². The third-order valence-corrected chi connectivity index (χ3v) is 3.53. The number of rotatable bonds is 7. The lowest BCUT2D eigenvalue weighted by Crippen LogP contribution is -2.16. The Labute approximate surface area is 138 Å². The fourth-order valence-electron chi connectivity index (χ4n) is 1.71. The molecule has 5 N–H and O–H groups in total. The molecule has 1 aromatic heterocycles. The minimum atomic E-state index is 0.213. The van der Waals surface area contributed by atoms with Crippen LogP contribution in [0.1, 0.15) is 0 Å². The number of nitrogens with one attached hydrogen (secondary N) is 1. The number of hydrogen-bond donors (Lipinski definition) is 3. The summed E-state index contributed by atoms with van der Waals surface area (Å²) in [4.78, 5) is 4.15. The van der Waals surface area contributed by atoms with Crippen LogP contribution in [-0.2, 0) is 4.74 Å². The molecular formula is C13H16Cl2N6O. The van der Waals surface area contributed by atoms with Crippen LogP contribution in [0, 0.1) is 0 Å². The lowest BCUT2D eigenvalue weighted by Gasteiger charge is -2.09. The molecule has 0 atom stereocenters. The number of nitrogen functional groups attached to an aromatic ring is 1. The summed E-state index contributed by atoms with van der Waals surface area (Å²) in [6.07, 6.45) is 0. The molecule has 0 bridgehead atoms. The van der Waals surface area contributed by atoms with Gasteiger partial charge in [0, 0.05) is 18.7 Å². The molecule has 2 aromatic rings. The minimum Gasteiger partial charge on any atom is -0.382 e. The quantitative estimate of drug-likeness (QED) is 0.657. The van der Waals surface area contributed by atoms with Crippen molar-refractivity contribution in [2.75, 3.05) is 37.4 Å². The van der Waals surface area contributed by atoms with Gasteiger partial charge in [-0.25, -0.2) is 0 Å². The van der Waals surface area contributed by atoms with Gasteiger partial charge in [0.05, 0.1) is 23.3 Å². The smallest absolute Gasteiger partial charge is 0.244 e. The minimum absolute atomic E-state index is 0.213. The van der Waals surface area contributed by atoms with Crippen LogP contribution in [-0.4, -0.2) is 41.5 Å². The molecule has 0 aliphatic carbocycles. The van der Waals surface area contributed by atoms with E-state index in [0.717, 1.165) is 0 Å². The van der Waals surface area contributed by atoms with Crippen LogP contribution >= 0.6 is 23.2 Å². The molecule has 0 aliphatic heterocycles. The molecule has 118 valence electrons. The number of nitrogens with two attached hydrogens (primary N) is 2. The van der Waals surface area contributed by atoms with Gasteiger partial charge in [-0.15, -0.1) is 10.2 Å². The Hall–Kier alpha value is -1.67. The highest BCUT2D eigenvalue weighted by Gasteiger charge is 2.13. The second-order valence-corrected chi connectivity index (χ2v) is 5.08. The Morgan fingerprint density at radius 2 is 2.00 bits per heavy atom. The Morgan fingerprint density at radius 3 is 2.73 bits per heavy atom. The van der Waals surface area contributed by atoms with Crippen LogP contribution in [0.5, 0.6) is 0 Å². The van der Waals surface area contributed by atoms with Gasteiger partial charge in [0.1, 0.15) is 5.69 Å². The molecule has 0 fully saturated rings. The SMILES string of the molecule is NCCOCCNc1nnc(-c2cccc(Cl)c2Cl)c(N)n1. The maximum Gasteiger partial charge on any atom is 0.244 e. The zero-order valence-corrected chi connectivity index (χ0v) is 13.2. The number of ether oxygens (including phenoxy) is 1. The van der Waals surface area contributed by atoms with E-state index in [0.29, 0.717) is 53.6 Å². The number of anilines is 2. The Morgan fingerprint density at radius 1 is 1.18 bits per heavy atom. The summed E-state index contributed by atoms with van der Waals surface area (Å²) < 4.78 is 5.23. The van der Waals surface area contributed by atoms with Gasteiger partial charge in [-0.2, -0.15) is 4.98 Å². The first-order chi connectivity index (χ1) is 10.6. The molecular weight excluding hydrogens is 327 g/mol. The molecule has 1 heterocycles. The van der Waals surface area contributed by atoms with E-state index in [1.807, 2.05) is 0 Å². The molecule has 0 spiro atoms. The standard InChI is InChI=1S/C13H16Cl2N6O/c14-9-3-1-2-8(10(9)15)11-12(17)19-13(21-20-11)18-5-7-22-6-4-16/h1-3H,4-7,16H2,(H3,17,18,19,21). The van der Waals surface area contributed by atoms with Crippen LogP contribution in [0.2, 0.25) is 10.0 Å². The van der Waals surface area contributed by atoms with Gasteiger partial charge in [-0.1, -0.05) is 35.3 Å². The summed E-state index contributed by atoms with van der Waals surface area (Å²) in [7, 11) is 0. The molecule has 9 heteroatoms. The summed E-state index contributed by atoms with van der Waals surface area (Å²) >= 11 is 12.1.